The van der Waals surface area contributed by atoms with Crippen LogP contribution in [-0.2, 0) is 0 Å². The van der Waals surface area contributed by atoms with Crippen molar-refractivity contribution in [3.63, 3.8) is 0 Å². The Bertz CT molecular complexity index is 425. The van der Waals surface area contributed by atoms with Crippen LogP contribution in [0.15, 0.2) is 0 Å². The lowest BCUT2D eigenvalue weighted by molar-refractivity contribution is 0.0755. The van der Waals surface area contributed by atoms with Crippen LogP contribution in [0.5, 0.6) is 0 Å². The third-order valence-corrected chi connectivity index (χ3v) is 6.98. The van der Waals surface area contributed by atoms with Crippen molar-refractivity contribution in [1.82, 2.24) is 14.7 Å². The number of hydrogen-bond acceptors (Lipinski definition) is 3. The predicted octanol–water partition coefficient (Wildman–Crippen LogP) is 3.69. The summed E-state index contributed by atoms with van der Waals surface area (Å²) in [4.78, 5) is 8.20. The van der Waals surface area contributed by atoms with Crippen LogP contribution in [0, 0.1) is 11.3 Å². The molecule has 0 radical (unpaired) electrons. The molecule has 3 aliphatic heterocycles. The topological polar surface area (TPSA) is 9.72 Å². The summed E-state index contributed by atoms with van der Waals surface area (Å²) >= 11 is 0. The molecule has 3 heterocycles. The van der Waals surface area contributed by atoms with Crippen molar-refractivity contribution in [2.45, 2.75) is 78.3 Å². The van der Waals surface area contributed by atoms with Crippen LogP contribution in [0.3, 0.4) is 0 Å². The van der Waals surface area contributed by atoms with Gasteiger partial charge in [-0.1, -0.05) is 0 Å². The van der Waals surface area contributed by atoms with E-state index >= 15 is 0 Å². The van der Waals surface area contributed by atoms with Gasteiger partial charge in [0.15, 0.2) is 0 Å². The summed E-state index contributed by atoms with van der Waals surface area (Å²) < 4.78 is 0. The molecule has 1 spiro atoms. The van der Waals surface area contributed by atoms with Crippen molar-refractivity contribution in [1.29, 1.82) is 0 Å². The fourth-order valence-electron chi connectivity index (χ4n) is 5.18. The van der Waals surface area contributed by atoms with Crippen molar-refractivity contribution < 1.29 is 0 Å². The van der Waals surface area contributed by atoms with Crippen LogP contribution < -0.4 is 0 Å². The molecule has 1 unspecified atom stereocenters. The summed E-state index contributed by atoms with van der Waals surface area (Å²) in [5.41, 5.74) is 1.30. The second-order valence-corrected chi connectivity index (χ2v) is 10.9. The van der Waals surface area contributed by atoms with Crippen molar-refractivity contribution in [3.05, 3.63) is 0 Å². The molecule has 3 heteroatoms. The molecule has 0 N–H and O–H groups in total. The summed E-state index contributed by atoms with van der Waals surface area (Å²) in [6.07, 6.45) is 5.65. The number of rotatable bonds is 2. The Morgan fingerprint density at radius 3 is 1.88 bits per heavy atom. The van der Waals surface area contributed by atoms with Crippen LogP contribution in [0.25, 0.3) is 0 Å². The van der Waals surface area contributed by atoms with E-state index in [4.69, 9.17) is 0 Å². The van der Waals surface area contributed by atoms with Crippen LogP contribution >= 0.6 is 0 Å². The smallest absolute Gasteiger partial charge is 0.0125 e. The van der Waals surface area contributed by atoms with Crippen LogP contribution in [-0.4, -0.2) is 71.6 Å². The lowest BCUT2D eigenvalue weighted by Gasteiger charge is -2.41. The molecule has 3 aliphatic rings. The molecule has 0 saturated carbocycles. The highest BCUT2D eigenvalue weighted by Gasteiger charge is 2.45. The Morgan fingerprint density at radius 1 is 0.750 bits per heavy atom. The van der Waals surface area contributed by atoms with E-state index in [1.807, 2.05) is 0 Å². The molecule has 3 fully saturated rings. The largest absolute Gasteiger partial charge is 0.302 e. The van der Waals surface area contributed by atoms with E-state index in [1.165, 1.54) is 71.5 Å². The maximum absolute atomic E-state index is 2.81. The minimum absolute atomic E-state index is 0.344. The Labute approximate surface area is 150 Å². The summed E-state index contributed by atoms with van der Waals surface area (Å²) in [5, 5.41) is 0. The normalized spacial score (nSPS) is 32.2. The highest BCUT2D eigenvalue weighted by Crippen LogP contribution is 2.42. The van der Waals surface area contributed by atoms with Crippen molar-refractivity contribution >= 4 is 0 Å². The first-order chi connectivity index (χ1) is 11.1. The van der Waals surface area contributed by atoms with Gasteiger partial charge in [0.05, 0.1) is 0 Å². The molecule has 0 amide bonds. The molecule has 3 saturated heterocycles. The Balaban J connectivity index is 1.46. The average Bonchev–Trinajstić information content (AvgIpc) is 3.06. The fourth-order valence-corrected chi connectivity index (χ4v) is 5.18. The molecule has 0 bridgehead atoms. The third-order valence-electron chi connectivity index (χ3n) is 6.98. The van der Waals surface area contributed by atoms with Gasteiger partial charge in [-0.2, -0.15) is 0 Å². The van der Waals surface area contributed by atoms with Crippen molar-refractivity contribution in [3.8, 4) is 0 Å². The molecule has 0 aliphatic carbocycles. The Hall–Kier alpha value is -0.120. The summed E-state index contributed by atoms with van der Waals surface area (Å²) in [6, 6.07) is 0. The Kier molecular flexibility index (Phi) is 5.10. The number of nitrogens with zero attached hydrogens (tertiary/aromatic N) is 3. The maximum atomic E-state index is 2.81. The molecule has 0 aromatic heterocycles. The monoisotopic (exact) mass is 335 g/mol. The number of hydrogen-bond donors (Lipinski definition) is 0. The van der Waals surface area contributed by atoms with E-state index in [-0.39, 0.29) is 0 Å². The highest BCUT2D eigenvalue weighted by atomic mass is 15.3. The molecular formula is C21H41N3. The van der Waals surface area contributed by atoms with E-state index in [0.29, 0.717) is 16.5 Å². The molecule has 0 aromatic carbocycles. The Morgan fingerprint density at radius 2 is 1.33 bits per heavy atom. The second-order valence-electron chi connectivity index (χ2n) is 10.9. The van der Waals surface area contributed by atoms with Crippen LogP contribution in [0.4, 0.5) is 0 Å². The lowest BCUT2D eigenvalue weighted by Crippen LogP contribution is -2.47. The molecule has 1 atom stereocenters. The molecule has 24 heavy (non-hydrogen) atoms. The minimum atomic E-state index is 0.344. The standard InChI is InChI=1S/C21H41N3/c1-19(2,3)23-11-7-18(8-12-23)15-22-13-9-21(16-22)10-14-24(17-21)20(4,5)6/h18H,7-17H2,1-6H3. The van der Waals surface area contributed by atoms with Crippen LogP contribution in [0.1, 0.15) is 67.2 Å². The first-order valence-corrected chi connectivity index (χ1v) is 10.3. The van der Waals surface area contributed by atoms with Crippen LogP contribution in [0.2, 0.25) is 0 Å². The van der Waals surface area contributed by atoms with Gasteiger partial charge in [-0.15, -0.1) is 0 Å². The highest BCUT2D eigenvalue weighted by molar-refractivity contribution is 5.00. The van der Waals surface area contributed by atoms with Gasteiger partial charge in [0.25, 0.3) is 0 Å². The average molecular weight is 336 g/mol. The van der Waals surface area contributed by atoms with Gasteiger partial charge in [-0.05, 0) is 105 Å². The maximum Gasteiger partial charge on any atom is 0.0125 e. The number of piperidine rings is 1. The van der Waals surface area contributed by atoms with Gasteiger partial charge >= 0.3 is 0 Å². The van der Waals surface area contributed by atoms with Gasteiger partial charge in [0, 0.05) is 30.7 Å². The zero-order valence-electron chi connectivity index (χ0n) is 17.2. The zero-order valence-corrected chi connectivity index (χ0v) is 17.2. The quantitative estimate of drug-likeness (QED) is 0.762. The lowest BCUT2D eigenvalue weighted by atomic mass is 9.86. The van der Waals surface area contributed by atoms with Crippen molar-refractivity contribution in [2.24, 2.45) is 11.3 Å². The SMILES string of the molecule is CC(C)(C)N1CCC(CN2CCC3(CCN(C(C)(C)C)C3)C2)CC1. The molecule has 0 aromatic rings. The van der Waals surface area contributed by atoms with Gasteiger partial charge in [-0.25, -0.2) is 0 Å². The predicted molar refractivity (Wildman–Crippen MR) is 103 cm³/mol. The fraction of sp³-hybridized carbons (Fsp3) is 1.00. The minimum Gasteiger partial charge on any atom is -0.302 e. The first-order valence-electron chi connectivity index (χ1n) is 10.3. The molecule has 3 nitrogen and oxygen atoms in total. The molecule has 3 rings (SSSR count). The molecule has 140 valence electrons. The first kappa shape index (κ1) is 18.7. The van der Waals surface area contributed by atoms with E-state index < -0.39 is 0 Å². The second kappa shape index (κ2) is 6.55. The summed E-state index contributed by atoms with van der Waals surface area (Å²) in [5.74, 6) is 0.930. The van der Waals surface area contributed by atoms with E-state index in [0.717, 1.165) is 5.92 Å². The van der Waals surface area contributed by atoms with E-state index in [1.54, 1.807) is 0 Å². The van der Waals surface area contributed by atoms with Gasteiger partial charge in [-0.3, -0.25) is 9.80 Å². The molecular weight excluding hydrogens is 294 g/mol. The summed E-state index contributed by atoms with van der Waals surface area (Å²) in [6.45, 7) is 23.5. The van der Waals surface area contributed by atoms with E-state index in [2.05, 4.69) is 56.2 Å². The summed E-state index contributed by atoms with van der Waals surface area (Å²) in [7, 11) is 0. The number of likely N-dealkylation sites (tertiary alicyclic amines) is 3. The van der Waals surface area contributed by atoms with Gasteiger partial charge in [0.1, 0.15) is 0 Å². The van der Waals surface area contributed by atoms with Crippen molar-refractivity contribution in [2.75, 3.05) is 45.8 Å². The zero-order chi connectivity index (χ0) is 17.6. The third kappa shape index (κ3) is 4.16. The van der Waals surface area contributed by atoms with Gasteiger partial charge < -0.3 is 4.90 Å². The van der Waals surface area contributed by atoms with E-state index in [9.17, 15) is 0 Å². The van der Waals surface area contributed by atoms with Gasteiger partial charge in [0.2, 0.25) is 0 Å².